The standard InChI is InChI=1S/C29H29ClN4O4/c30-22-15-13-20(14-16-22)19-38-24-10-6-7-21(17-24)18-31-34-29(37)28(36)33-26-12-5-4-11-25(26)27(35)32-23-8-2-1-3-9-23/h4-7,10-18,23H,1-3,8-9,19H2,(H,32,35)(H,33,36)(H,34,37)/b31-18-. The molecule has 3 N–H and O–H groups in total. The first kappa shape index (κ1) is 26.9. The van der Waals surface area contributed by atoms with E-state index in [1.165, 1.54) is 12.6 Å². The number of halogens is 1. The number of hydrogen-bond acceptors (Lipinski definition) is 5. The largest absolute Gasteiger partial charge is 0.489 e. The molecule has 9 heteroatoms. The van der Waals surface area contributed by atoms with Gasteiger partial charge in [0.2, 0.25) is 0 Å². The van der Waals surface area contributed by atoms with Crippen molar-refractivity contribution in [1.29, 1.82) is 0 Å². The highest BCUT2D eigenvalue weighted by molar-refractivity contribution is 6.40. The van der Waals surface area contributed by atoms with Crippen molar-refractivity contribution in [1.82, 2.24) is 10.7 Å². The lowest BCUT2D eigenvalue weighted by atomic mass is 9.95. The predicted octanol–water partition coefficient (Wildman–Crippen LogP) is 5.07. The van der Waals surface area contributed by atoms with Gasteiger partial charge in [-0.1, -0.05) is 67.3 Å². The number of amides is 3. The number of nitrogens with zero attached hydrogens (tertiary/aromatic N) is 1. The third-order valence-corrected chi connectivity index (χ3v) is 6.38. The topological polar surface area (TPSA) is 109 Å². The Labute approximate surface area is 226 Å². The minimum atomic E-state index is -0.959. The van der Waals surface area contributed by atoms with Gasteiger partial charge in [0.05, 0.1) is 17.5 Å². The third-order valence-electron chi connectivity index (χ3n) is 6.12. The van der Waals surface area contributed by atoms with E-state index in [2.05, 4.69) is 21.2 Å². The quantitative estimate of drug-likeness (QED) is 0.214. The van der Waals surface area contributed by atoms with Crippen LogP contribution in [0.3, 0.4) is 0 Å². The fourth-order valence-corrected chi connectivity index (χ4v) is 4.25. The predicted molar refractivity (Wildman–Crippen MR) is 147 cm³/mol. The van der Waals surface area contributed by atoms with E-state index < -0.39 is 11.8 Å². The molecule has 1 aliphatic rings. The molecule has 196 valence electrons. The molecule has 0 heterocycles. The first-order valence-corrected chi connectivity index (χ1v) is 12.9. The maximum atomic E-state index is 12.8. The van der Waals surface area contributed by atoms with Gasteiger partial charge in [-0.05, 0) is 60.4 Å². The van der Waals surface area contributed by atoms with Gasteiger partial charge in [0.1, 0.15) is 12.4 Å². The van der Waals surface area contributed by atoms with Gasteiger partial charge < -0.3 is 15.4 Å². The van der Waals surface area contributed by atoms with Crippen LogP contribution in [0.2, 0.25) is 5.02 Å². The monoisotopic (exact) mass is 532 g/mol. The Morgan fingerprint density at radius 1 is 0.921 bits per heavy atom. The summed E-state index contributed by atoms with van der Waals surface area (Å²) in [5, 5.41) is 10.1. The van der Waals surface area contributed by atoms with Crippen LogP contribution in [0.4, 0.5) is 5.69 Å². The number of ether oxygens (including phenoxy) is 1. The maximum Gasteiger partial charge on any atom is 0.329 e. The van der Waals surface area contributed by atoms with Gasteiger partial charge in [-0.25, -0.2) is 5.43 Å². The van der Waals surface area contributed by atoms with Crippen molar-refractivity contribution < 1.29 is 19.1 Å². The molecule has 0 unspecified atom stereocenters. The number of hydrogen-bond donors (Lipinski definition) is 3. The molecule has 3 aromatic rings. The molecular weight excluding hydrogens is 504 g/mol. The van der Waals surface area contributed by atoms with Gasteiger partial charge in [0, 0.05) is 11.1 Å². The summed E-state index contributed by atoms with van der Waals surface area (Å²) in [5.41, 5.74) is 4.42. The summed E-state index contributed by atoms with van der Waals surface area (Å²) in [6.45, 7) is 0.370. The van der Waals surface area contributed by atoms with Gasteiger partial charge in [-0.2, -0.15) is 5.10 Å². The number of carbonyl (C=O) groups is 3. The van der Waals surface area contributed by atoms with Gasteiger partial charge in [-0.15, -0.1) is 0 Å². The average molecular weight is 533 g/mol. The Bertz CT molecular complexity index is 1300. The number of hydrazone groups is 1. The van der Waals surface area contributed by atoms with Gasteiger partial charge >= 0.3 is 11.8 Å². The second kappa shape index (κ2) is 13.4. The van der Waals surface area contributed by atoms with Crippen molar-refractivity contribution in [2.75, 3.05) is 5.32 Å². The second-order valence-corrected chi connectivity index (χ2v) is 9.43. The lowest BCUT2D eigenvalue weighted by Crippen LogP contribution is -2.37. The lowest BCUT2D eigenvalue weighted by Gasteiger charge is -2.23. The molecule has 3 aromatic carbocycles. The van der Waals surface area contributed by atoms with Crippen molar-refractivity contribution in [2.24, 2.45) is 5.10 Å². The maximum absolute atomic E-state index is 12.8. The fraction of sp³-hybridized carbons (Fsp3) is 0.241. The summed E-state index contributed by atoms with van der Waals surface area (Å²) in [6, 6.07) is 21.2. The summed E-state index contributed by atoms with van der Waals surface area (Å²) in [4.78, 5) is 37.6. The molecule has 0 saturated heterocycles. The van der Waals surface area contributed by atoms with Crippen molar-refractivity contribution in [3.63, 3.8) is 0 Å². The van der Waals surface area contributed by atoms with E-state index in [4.69, 9.17) is 16.3 Å². The Hall–Kier alpha value is -4.17. The average Bonchev–Trinajstić information content (AvgIpc) is 2.93. The first-order chi connectivity index (χ1) is 18.5. The Balaban J connectivity index is 1.29. The normalized spacial score (nSPS) is 13.6. The smallest absolute Gasteiger partial charge is 0.329 e. The highest BCUT2D eigenvalue weighted by Gasteiger charge is 2.20. The number of carbonyl (C=O) groups excluding carboxylic acids is 3. The summed E-state index contributed by atoms with van der Waals surface area (Å²) >= 11 is 5.91. The molecule has 38 heavy (non-hydrogen) atoms. The van der Waals surface area contributed by atoms with E-state index in [9.17, 15) is 14.4 Å². The summed E-state index contributed by atoms with van der Waals surface area (Å²) in [7, 11) is 0. The van der Waals surface area contributed by atoms with Crippen LogP contribution in [-0.2, 0) is 16.2 Å². The van der Waals surface area contributed by atoms with Crippen LogP contribution in [0.15, 0.2) is 77.9 Å². The highest BCUT2D eigenvalue weighted by atomic mass is 35.5. The summed E-state index contributed by atoms with van der Waals surface area (Å²) < 4.78 is 5.79. The third kappa shape index (κ3) is 7.91. The molecule has 3 amide bonds. The van der Waals surface area contributed by atoms with Crippen molar-refractivity contribution in [3.05, 3.63) is 94.5 Å². The van der Waals surface area contributed by atoms with Crippen LogP contribution in [0.5, 0.6) is 5.75 Å². The van der Waals surface area contributed by atoms with Crippen LogP contribution in [0.25, 0.3) is 0 Å². The Morgan fingerprint density at radius 3 is 2.47 bits per heavy atom. The molecule has 0 aliphatic heterocycles. The van der Waals surface area contributed by atoms with Crippen LogP contribution < -0.4 is 20.8 Å². The zero-order valence-electron chi connectivity index (χ0n) is 20.8. The van der Waals surface area contributed by atoms with Crippen molar-refractivity contribution in [2.45, 2.75) is 44.8 Å². The molecule has 0 atom stereocenters. The fourth-order valence-electron chi connectivity index (χ4n) is 4.13. The second-order valence-electron chi connectivity index (χ2n) is 8.99. The molecule has 0 spiro atoms. The molecule has 1 aliphatic carbocycles. The number of para-hydroxylation sites is 1. The van der Waals surface area contributed by atoms with E-state index in [-0.39, 0.29) is 17.6 Å². The zero-order chi connectivity index (χ0) is 26.7. The van der Waals surface area contributed by atoms with Gasteiger partial charge in [0.15, 0.2) is 0 Å². The van der Waals surface area contributed by atoms with Crippen molar-refractivity contribution in [3.8, 4) is 5.75 Å². The summed E-state index contributed by atoms with van der Waals surface area (Å²) in [5.74, 6) is -1.54. The van der Waals surface area contributed by atoms with Crippen LogP contribution in [-0.4, -0.2) is 30.0 Å². The molecule has 4 rings (SSSR count). The lowest BCUT2D eigenvalue weighted by molar-refractivity contribution is -0.136. The zero-order valence-corrected chi connectivity index (χ0v) is 21.5. The Morgan fingerprint density at radius 2 is 1.68 bits per heavy atom. The highest BCUT2D eigenvalue weighted by Crippen LogP contribution is 2.20. The SMILES string of the molecule is O=C(N/N=C\c1cccc(OCc2ccc(Cl)cc2)c1)C(=O)Nc1ccccc1C(=O)NC1CCCCC1. The Kier molecular flexibility index (Phi) is 9.48. The molecule has 8 nitrogen and oxygen atoms in total. The number of rotatable bonds is 8. The minimum Gasteiger partial charge on any atom is -0.489 e. The molecular formula is C29H29ClN4O4. The van der Waals surface area contributed by atoms with Crippen LogP contribution in [0.1, 0.15) is 53.6 Å². The molecule has 0 bridgehead atoms. The molecule has 0 radical (unpaired) electrons. The van der Waals surface area contributed by atoms with Gasteiger partial charge in [-0.3, -0.25) is 14.4 Å². The van der Waals surface area contributed by atoms with E-state index in [1.54, 1.807) is 60.7 Å². The van der Waals surface area contributed by atoms with Crippen molar-refractivity contribution >= 4 is 41.2 Å². The van der Waals surface area contributed by atoms with E-state index in [1.807, 2.05) is 12.1 Å². The van der Waals surface area contributed by atoms with E-state index in [0.29, 0.717) is 28.5 Å². The summed E-state index contributed by atoms with van der Waals surface area (Å²) in [6.07, 6.45) is 6.65. The number of benzene rings is 3. The number of nitrogens with one attached hydrogen (secondary N) is 3. The van der Waals surface area contributed by atoms with E-state index >= 15 is 0 Å². The van der Waals surface area contributed by atoms with Crippen LogP contribution in [0, 0.1) is 0 Å². The van der Waals surface area contributed by atoms with E-state index in [0.717, 1.165) is 31.2 Å². The van der Waals surface area contributed by atoms with Gasteiger partial charge in [0.25, 0.3) is 5.91 Å². The first-order valence-electron chi connectivity index (χ1n) is 12.5. The molecule has 0 aromatic heterocycles. The molecule has 1 saturated carbocycles. The number of anilines is 1. The minimum absolute atomic E-state index is 0.124. The molecule has 1 fully saturated rings. The van der Waals surface area contributed by atoms with Crippen LogP contribution >= 0.6 is 11.6 Å².